The Morgan fingerprint density at radius 3 is 2.10 bits per heavy atom. The van der Waals surface area contributed by atoms with Gasteiger partial charge in [0.1, 0.15) is 37.2 Å². The third-order valence-corrected chi connectivity index (χ3v) is 6.41. The summed E-state index contributed by atoms with van der Waals surface area (Å²) in [5, 5.41) is 10.9. The fraction of sp³-hybridized carbons (Fsp3) is 0.219. The number of rotatable bonds is 14. The zero-order valence-corrected chi connectivity index (χ0v) is 22.2. The first-order valence-corrected chi connectivity index (χ1v) is 13.3. The second kappa shape index (κ2) is 13.5. The molecule has 0 spiro atoms. The van der Waals surface area contributed by atoms with Crippen LogP contribution in [0.2, 0.25) is 0 Å². The molecule has 40 heavy (non-hydrogen) atoms. The van der Waals surface area contributed by atoms with E-state index in [2.05, 4.69) is 27.0 Å². The average molecular weight is 540 g/mol. The van der Waals surface area contributed by atoms with Gasteiger partial charge in [0.2, 0.25) is 0 Å². The zero-order valence-electron chi connectivity index (χ0n) is 22.2. The van der Waals surface area contributed by atoms with Gasteiger partial charge in [-0.2, -0.15) is 0 Å². The molecular weight excluding hydrogens is 506 g/mol. The van der Waals surface area contributed by atoms with Crippen LogP contribution >= 0.6 is 0 Å². The molecule has 0 saturated carbocycles. The van der Waals surface area contributed by atoms with Crippen LogP contribution in [0.4, 0.5) is 0 Å². The first-order chi connectivity index (χ1) is 19.6. The van der Waals surface area contributed by atoms with E-state index >= 15 is 0 Å². The molecule has 0 aliphatic rings. The van der Waals surface area contributed by atoms with E-state index in [0.717, 1.165) is 11.1 Å². The summed E-state index contributed by atoms with van der Waals surface area (Å²) >= 11 is 0. The van der Waals surface area contributed by atoms with Crippen molar-refractivity contribution in [2.75, 3.05) is 26.3 Å². The summed E-state index contributed by atoms with van der Waals surface area (Å²) in [7, 11) is 0. The molecule has 8 nitrogen and oxygen atoms in total. The molecule has 5 aromatic rings. The second-order valence-electron chi connectivity index (χ2n) is 9.51. The van der Waals surface area contributed by atoms with Gasteiger partial charge in [-0.05, 0) is 35.4 Å². The number of para-hydroxylation sites is 3. The molecule has 0 aliphatic heterocycles. The van der Waals surface area contributed by atoms with Gasteiger partial charge in [-0.25, -0.2) is 4.79 Å². The minimum atomic E-state index is -0.758. The lowest BCUT2D eigenvalue weighted by Gasteiger charge is -2.25. The lowest BCUT2D eigenvalue weighted by Crippen LogP contribution is -2.37. The van der Waals surface area contributed by atoms with Crippen molar-refractivity contribution in [1.82, 2.24) is 14.9 Å². The minimum Gasteiger partial charge on any atom is -0.489 e. The number of aromatic amines is 2. The summed E-state index contributed by atoms with van der Waals surface area (Å²) in [4.78, 5) is 19.3. The quantitative estimate of drug-likeness (QED) is 0.188. The molecule has 206 valence electrons. The molecule has 1 atom stereocenters. The largest absolute Gasteiger partial charge is 0.489 e. The number of H-pyrrole nitrogens is 2. The van der Waals surface area contributed by atoms with E-state index in [1.165, 1.54) is 0 Å². The second-order valence-corrected chi connectivity index (χ2v) is 9.51. The molecule has 0 radical (unpaired) electrons. The summed E-state index contributed by atoms with van der Waals surface area (Å²) in [5.74, 6) is 1.88. The van der Waals surface area contributed by atoms with E-state index in [1.54, 1.807) is 18.2 Å². The number of aliphatic hydroxyl groups is 1. The minimum absolute atomic E-state index is 0.0780. The first-order valence-electron chi connectivity index (χ1n) is 13.3. The standard InChI is InChI=1S/C32H33N3O5/c36-26(23-40-30-17-9-14-27-31(30)34-32(37)33-27)21-35(20-24-10-3-1-4-11-24)18-19-38-28-15-7-8-16-29(28)39-22-25-12-5-2-6-13-25/h1-17,26,36H,18-23H2,(H2,33,34,37). The van der Waals surface area contributed by atoms with E-state index in [0.29, 0.717) is 61.1 Å². The van der Waals surface area contributed by atoms with Crippen molar-refractivity contribution >= 4 is 11.0 Å². The molecule has 1 heterocycles. The number of ether oxygens (including phenoxy) is 3. The van der Waals surface area contributed by atoms with Gasteiger partial charge in [-0.3, -0.25) is 4.90 Å². The Kier molecular flexibility index (Phi) is 9.13. The van der Waals surface area contributed by atoms with Crippen LogP contribution < -0.4 is 19.9 Å². The number of hydrogen-bond acceptors (Lipinski definition) is 6. The Morgan fingerprint density at radius 2 is 1.35 bits per heavy atom. The summed E-state index contributed by atoms with van der Waals surface area (Å²) in [6.07, 6.45) is -0.758. The molecule has 0 saturated heterocycles. The van der Waals surface area contributed by atoms with Crippen LogP contribution in [0.25, 0.3) is 11.0 Å². The lowest BCUT2D eigenvalue weighted by atomic mass is 10.2. The molecule has 1 aromatic heterocycles. The predicted octanol–water partition coefficient (Wildman–Crippen LogP) is 4.76. The highest BCUT2D eigenvalue weighted by Crippen LogP contribution is 2.27. The predicted molar refractivity (Wildman–Crippen MR) is 155 cm³/mol. The highest BCUT2D eigenvalue weighted by atomic mass is 16.5. The highest BCUT2D eigenvalue weighted by molar-refractivity contribution is 5.81. The van der Waals surface area contributed by atoms with Crippen molar-refractivity contribution in [3.63, 3.8) is 0 Å². The summed E-state index contributed by atoms with van der Waals surface area (Å²) in [5.41, 5.74) is 3.17. The normalized spacial score (nSPS) is 11.9. The number of aromatic nitrogens is 2. The fourth-order valence-corrected chi connectivity index (χ4v) is 4.47. The van der Waals surface area contributed by atoms with Gasteiger partial charge >= 0.3 is 5.69 Å². The number of fused-ring (bicyclic) bond motifs is 1. The molecule has 0 bridgehead atoms. The zero-order chi connectivity index (χ0) is 27.6. The van der Waals surface area contributed by atoms with Crippen LogP contribution in [0.3, 0.4) is 0 Å². The number of hydrogen-bond donors (Lipinski definition) is 3. The van der Waals surface area contributed by atoms with Crippen LogP contribution in [-0.4, -0.2) is 52.4 Å². The molecule has 0 amide bonds. The molecule has 4 aromatic carbocycles. The lowest BCUT2D eigenvalue weighted by molar-refractivity contribution is 0.0607. The fourth-order valence-electron chi connectivity index (χ4n) is 4.47. The third-order valence-electron chi connectivity index (χ3n) is 6.41. The van der Waals surface area contributed by atoms with Crippen LogP contribution in [0.1, 0.15) is 11.1 Å². The topological polar surface area (TPSA) is 99.8 Å². The maximum absolute atomic E-state index is 11.7. The highest BCUT2D eigenvalue weighted by Gasteiger charge is 2.15. The van der Waals surface area contributed by atoms with E-state index < -0.39 is 6.10 Å². The van der Waals surface area contributed by atoms with Gasteiger partial charge in [0.25, 0.3) is 0 Å². The number of benzene rings is 4. The van der Waals surface area contributed by atoms with Crippen LogP contribution in [0.15, 0.2) is 108 Å². The Morgan fingerprint density at radius 1 is 0.700 bits per heavy atom. The van der Waals surface area contributed by atoms with Crippen molar-refractivity contribution in [2.24, 2.45) is 0 Å². The Bertz CT molecular complexity index is 1530. The molecule has 5 rings (SSSR count). The van der Waals surface area contributed by atoms with Gasteiger partial charge in [-0.15, -0.1) is 0 Å². The van der Waals surface area contributed by atoms with Crippen molar-refractivity contribution in [2.45, 2.75) is 19.3 Å². The third kappa shape index (κ3) is 7.53. The average Bonchev–Trinajstić information content (AvgIpc) is 3.37. The van der Waals surface area contributed by atoms with Crippen molar-refractivity contribution in [3.8, 4) is 17.2 Å². The van der Waals surface area contributed by atoms with Crippen LogP contribution in [-0.2, 0) is 13.2 Å². The van der Waals surface area contributed by atoms with Gasteiger partial charge in [-0.1, -0.05) is 78.9 Å². The molecule has 3 N–H and O–H groups in total. The molecular formula is C32H33N3O5. The van der Waals surface area contributed by atoms with E-state index in [-0.39, 0.29) is 12.3 Å². The van der Waals surface area contributed by atoms with Gasteiger partial charge < -0.3 is 29.3 Å². The van der Waals surface area contributed by atoms with Gasteiger partial charge in [0, 0.05) is 19.6 Å². The van der Waals surface area contributed by atoms with E-state index in [4.69, 9.17) is 14.2 Å². The first kappa shape index (κ1) is 27.1. The van der Waals surface area contributed by atoms with E-state index in [1.807, 2.05) is 72.8 Å². The Balaban J connectivity index is 1.19. The van der Waals surface area contributed by atoms with Crippen LogP contribution in [0.5, 0.6) is 17.2 Å². The smallest absolute Gasteiger partial charge is 0.323 e. The number of aliphatic hydroxyl groups excluding tert-OH is 1. The maximum Gasteiger partial charge on any atom is 0.323 e. The van der Waals surface area contributed by atoms with Gasteiger partial charge in [0.15, 0.2) is 11.5 Å². The summed E-state index contributed by atoms with van der Waals surface area (Å²) in [6, 6.07) is 33.1. The molecule has 1 unspecified atom stereocenters. The Hall–Kier alpha value is -4.53. The maximum atomic E-state index is 11.7. The van der Waals surface area contributed by atoms with Crippen LogP contribution in [0, 0.1) is 0 Å². The number of imidazole rings is 1. The summed E-state index contributed by atoms with van der Waals surface area (Å²) < 4.78 is 18.0. The molecule has 0 fully saturated rings. The van der Waals surface area contributed by atoms with Crippen molar-refractivity contribution in [1.29, 1.82) is 0 Å². The Labute approximate surface area is 232 Å². The van der Waals surface area contributed by atoms with Crippen molar-refractivity contribution < 1.29 is 19.3 Å². The summed E-state index contributed by atoms with van der Waals surface area (Å²) in [6.45, 7) is 2.56. The molecule has 8 heteroatoms. The van der Waals surface area contributed by atoms with Gasteiger partial charge in [0.05, 0.1) is 5.52 Å². The molecule has 0 aliphatic carbocycles. The van der Waals surface area contributed by atoms with E-state index in [9.17, 15) is 9.90 Å². The SMILES string of the molecule is O=c1[nH]c2cccc(OCC(O)CN(CCOc3ccccc3OCc3ccccc3)Cc3ccccc3)c2[nH]1. The monoisotopic (exact) mass is 539 g/mol. The number of nitrogens with zero attached hydrogens (tertiary/aromatic N) is 1. The van der Waals surface area contributed by atoms with Crippen molar-refractivity contribution in [3.05, 3.63) is 125 Å². The number of nitrogens with one attached hydrogen (secondary N) is 2.